The number of hydrogen-bond acceptors (Lipinski definition) is 3. The molecule has 0 bridgehead atoms. The summed E-state index contributed by atoms with van der Waals surface area (Å²) in [5.74, 6) is 0.940. The van der Waals surface area contributed by atoms with E-state index < -0.39 is 0 Å². The first-order valence-corrected chi connectivity index (χ1v) is 9.05. The first-order chi connectivity index (χ1) is 12.7. The molecule has 1 aliphatic heterocycles. The molecule has 1 heterocycles. The van der Waals surface area contributed by atoms with Crippen LogP contribution >= 0.6 is 0 Å². The van der Waals surface area contributed by atoms with Crippen LogP contribution in [0.3, 0.4) is 0 Å². The summed E-state index contributed by atoms with van der Waals surface area (Å²) in [4.78, 5) is 26.9. The molecule has 0 radical (unpaired) electrons. The van der Waals surface area contributed by atoms with Crippen molar-refractivity contribution in [2.24, 2.45) is 5.92 Å². The fourth-order valence-electron chi connectivity index (χ4n) is 3.42. The van der Waals surface area contributed by atoms with Crippen LogP contribution in [-0.4, -0.2) is 25.5 Å². The van der Waals surface area contributed by atoms with E-state index in [1.54, 1.807) is 31.4 Å². The number of rotatable bonds is 4. The Morgan fingerprint density at radius 2 is 2.00 bits per heavy atom. The monoisotopic (exact) mass is 350 g/mol. The van der Waals surface area contributed by atoms with Gasteiger partial charge in [-0.1, -0.05) is 6.07 Å². The maximum Gasteiger partial charge on any atom is 0.255 e. The van der Waals surface area contributed by atoms with Crippen LogP contribution in [0.1, 0.15) is 35.2 Å². The second kappa shape index (κ2) is 6.83. The zero-order valence-electron chi connectivity index (χ0n) is 14.8. The minimum absolute atomic E-state index is 0.175. The molecule has 0 atom stereocenters. The van der Waals surface area contributed by atoms with E-state index in [1.165, 1.54) is 0 Å². The van der Waals surface area contributed by atoms with Gasteiger partial charge in [-0.2, -0.15) is 0 Å². The van der Waals surface area contributed by atoms with Crippen LogP contribution < -0.4 is 15.0 Å². The van der Waals surface area contributed by atoms with Gasteiger partial charge >= 0.3 is 0 Å². The van der Waals surface area contributed by atoms with Crippen LogP contribution in [0.4, 0.5) is 11.4 Å². The van der Waals surface area contributed by atoms with Crippen LogP contribution in [-0.2, 0) is 11.2 Å². The molecule has 4 rings (SSSR count). The van der Waals surface area contributed by atoms with Crippen molar-refractivity contribution in [3.63, 3.8) is 0 Å². The third kappa shape index (κ3) is 3.29. The lowest BCUT2D eigenvalue weighted by Crippen LogP contribution is -2.36. The lowest BCUT2D eigenvalue weighted by molar-refractivity contribution is -0.119. The topological polar surface area (TPSA) is 58.6 Å². The van der Waals surface area contributed by atoms with Gasteiger partial charge in [0.05, 0.1) is 7.11 Å². The molecule has 1 aliphatic carbocycles. The Hall–Kier alpha value is -2.82. The molecule has 1 fully saturated rings. The largest absolute Gasteiger partial charge is 0.497 e. The van der Waals surface area contributed by atoms with Crippen LogP contribution in [0.2, 0.25) is 0 Å². The van der Waals surface area contributed by atoms with Crippen molar-refractivity contribution in [2.45, 2.75) is 25.7 Å². The summed E-state index contributed by atoms with van der Waals surface area (Å²) in [6.07, 6.45) is 3.91. The number of anilines is 2. The van der Waals surface area contributed by atoms with Gasteiger partial charge in [-0.05, 0) is 67.6 Å². The summed E-state index contributed by atoms with van der Waals surface area (Å²) in [6, 6.07) is 12.9. The highest BCUT2D eigenvalue weighted by atomic mass is 16.5. The summed E-state index contributed by atoms with van der Waals surface area (Å²) in [5.41, 5.74) is 3.41. The normalized spacial score (nSPS) is 16.0. The Morgan fingerprint density at radius 1 is 1.15 bits per heavy atom. The number of carbonyl (C=O) groups is 2. The molecule has 5 nitrogen and oxygen atoms in total. The zero-order chi connectivity index (χ0) is 18.1. The molecule has 134 valence electrons. The van der Waals surface area contributed by atoms with E-state index in [4.69, 9.17) is 4.74 Å². The van der Waals surface area contributed by atoms with Gasteiger partial charge in [-0.25, -0.2) is 0 Å². The van der Waals surface area contributed by atoms with Gasteiger partial charge < -0.3 is 15.0 Å². The van der Waals surface area contributed by atoms with Gasteiger partial charge in [0.2, 0.25) is 5.91 Å². The minimum Gasteiger partial charge on any atom is -0.497 e. The molecule has 1 saturated carbocycles. The number of benzene rings is 2. The van der Waals surface area contributed by atoms with E-state index in [2.05, 4.69) is 5.32 Å². The van der Waals surface area contributed by atoms with E-state index in [0.717, 1.165) is 49.2 Å². The summed E-state index contributed by atoms with van der Waals surface area (Å²) < 4.78 is 5.17. The number of hydrogen-bond donors (Lipinski definition) is 1. The number of nitrogens with one attached hydrogen (secondary N) is 1. The highest BCUT2D eigenvalue weighted by Crippen LogP contribution is 2.36. The van der Waals surface area contributed by atoms with Gasteiger partial charge in [0, 0.05) is 29.4 Å². The maximum atomic E-state index is 12.5. The first kappa shape index (κ1) is 16.6. The molecule has 0 aromatic heterocycles. The van der Waals surface area contributed by atoms with Crippen molar-refractivity contribution in [3.8, 4) is 5.75 Å². The molecule has 0 saturated heterocycles. The van der Waals surface area contributed by atoms with Crippen molar-refractivity contribution < 1.29 is 14.3 Å². The van der Waals surface area contributed by atoms with Gasteiger partial charge in [0.25, 0.3) is 5.91 Å². The molecule has 2 aliphatic rings. The molecule has 26 heavy (non-hydrogen) atoms. The standard InChI is InChI=1S/C21H22N2O3/c1-26-18-6-2-4-16(13-18)20(24)22-17-9-10-19-15(12-17)5-3-11-23(19)21(25)14-7-8-14/h2,4,6,9-10,12-14H,3,5,7-8,11H2,1H3,(H,22,24). The molecular weight excluding hydrogens is 328 g/mol. The third-order valence-corrected chi connectivity index (χ3v) is 4.98. The van der Waals surface area contributed by atoms with Gasteiger partial charge in [-0.15, -0.1) is 0 Å². The lowest BCUT2D eigenvalue weighted by atomic mass is 10.00. The summed E-state index contributed by atoms with van der Waals surface area (Å²) >= 11 is 0. The molecule has 2 amide bonds. The maximum absolute atomic E-state index is 12.5. The number of ether oxygens (including phenoxy) is 1. The number of methoxy groups -OCH3 is 1. The van der Waals surface area contributed by atoms with E-state index in [9.17, 15) is 9.59 Å². The average Bonchev–Trinajstić information content (AvgIpc) is 3.52. The predicted molar refractivity (Wildman–Crippen MR) is 101 cm³/mol. The zero-order valence-corrected chi connectivity index (χ0v) is 14.8. The SMILES string of the molecule is COc1cccc(C(=O)Nc2ccc3c(c2)CCCN3C(=O)C2CC2)c1. The van der Waals surface area contributed by atoms with Crippen LogP contribution in [0.15, 0.2) is 42.5 Å². The highest BCUT2D eigenvalue weighted by Gasteiger charge is 2.35. The number of fused-ring (bicyclic) bond motifs is 1. The molecule has 2 aromatic rings. The number of carbonyl (C=O) groups excluding carboxylic acids is 2. The van der Waals surface area contributed by atoms with Crippen molar-refractivity contribution in [1.82, 2.24) is 0 Å². The third-order valence-electron chi connectivity index (χ3n) is 4.98. The number of amides is 2. The molecule has 0 spiro atoms. The fraction of sp³-hybridized carbons (Fsp3) is 0.333. The molecular formula is C21H22N2O3. The van der Waals surface area contributed by atoms with Crippen molar-refractivity contribution in [1.29, 1.82) is 0 Å². The summed E-state index contributed by atoms with van der Waals surface area (Å²) in [6.45, 7) is 0.790. The van der Waals surface area contributed by atoms with Crippen LogP contribution in [0.25, 0.3) is 0 Å². The van der Waals surface area contributed by atoms with E-state index in [-0.39, 0.29) is 17.7 Å². The molecule has 5 heteroatoms. The van der Waals surface area contributed by atoms with Gasteiger partial charge in [-0.3, -0.25) is 9.59 Å². The smallest absolute Gasteiger partial charge is 0.255 e. The van der Waals surface area contributed by atoms with Crippen LogP contribution in [0.5, 0.6) is 5.75 Å². The van der Waals surface area contributed by atoms with Crippen LogP contribution in [0, 0.1) is 5.92 Å². The van der Waals surface area contributed by atoms with Crippen molar-refractivity contribution in [3.05, 3.63) is 53.6 Å². The van der Waals surface area contributed by atoms with E-state index in [1.807, 2.05) is 23.1 Å². The summed E-state index contributed by atoms with van der Waals surface area (Å²) in [7, 11) is 1.58. The number of aryl methyl sites for hydroxylation is 1. The molecule has 1 N–H and O–H groups in total. The Labute approximate surface area is 153 Å². The summed E-state index contributed by atoms with van der Waals surface area (Å²) in [5, 5.41) is 2.94. The Balaban J connectivity index is 1.53. The van der Waals surface area contributed by atoms with E-state index >= 15 is 0 Å². The Bertz CT molecular complexity index is 858. The predicted octanol–water partition coefficient (Wildman–Crippen LogP) is 3.64. The molecule has 0 unspecified atom stereocenters. The second-order valence-electron chi connectivity index (χ2n) is 6.90. The quantitative estimate of drug-likeness (QED) is 0.916. The fourth-order valence-corrected chi connectivity index (χ4v) is 3.42. The Kier molecular flexibility index (Phi) is 4.37. The lowest BCUT2D eigenvalue weighted by Gasteiger charge is -2.30. The van der Waals surface area contributed by atoms with Crippen molar-refractivity contribution >= 4 is 23.2 Å². The van der Waals surface area contributed by atoms with Crippen molar-refractivity contribution in [2.75, 3.05) is 23.9 Å². The minimum atomic E-state index is -0.175. The Morgan fingerprint density at radius 3 is 2.77 bits per heavy atom. The van der Waals surface area contributed by atoms with Gasteiger partial charge in [0.1, 0.15) is 5.75 Å². The first-order valence-electron chi connectivity index (χ1n) is 9.05. The highest BCUT2D eigenvalue weighted by molar-refractivity contribution is 6.05. The van der Waals surface area contributed by atoms with E-state index in [0.29, 0.717) is 11.3 Å². The average molecular weight is 350 g/mol. The number of nitrogens with zero attached hydrogens (tertiary/aromatic N) is 1. The second-order valence-corrected chi connectivity index (χ2v) is 6.90. The molecule has 2 aromatic carbocycles. The van der Waals surface area contributed by atoms with Gasteiger partial charge in [0.15, 0.2) is 0 Å².